The minimum Gasteiger partial charge on any atom is -0.481 e. The highest BCUT2D eigenvalue weighted by Gasteiger charge is 2.30. The minimum atomic E-state index is -3.40. The molecule has 1 N–H and O–H groups in total. The number of carboxylic acid groups (broad SMARTS) is 1. The van der Waals surface area contributed by atoms with Crippen LogP contribution in [0.5, 0.6) is 5.75 Å². The normalized spacial score (nSPS) is 12.0. The van der Waals surface area contributed by atoms with E-state index in [9.17, 15) is 22.0 Å². The van der Waals surface area contributed by atoms with Crippen LogP contribution in [-0.4, -0.2) is 32.4 Å². The number of carbonyl (C=O) groups is 1. The zero-order valence-electron chi connectivity index (χ0n) is 14.2. The van der Waals surface area contributed by atoms with Crippen LogP contribution in [0.2, 0.25) is 0 Å². The number of sulfone groups is 1. The summed E-state index contributed by atoms with van der Waals surface area (Å²) in [6.45, 7) is 0.730. The Hall–Kier alpha value is -2.48. The average Bonchev–Trinajstić information content (AvgIpc) is 2.59. The maximum absolute atomic E-state index is 14.0. The first kappa shape index (κ1) is 19.8. The Morgan fingerprint density at radius 3 is 2.27 bits per heavy atom. The lowest BCUT2D eigenvalue weighted by Crippen LogP contribution is -2.13. The number of alkyl halides is 2. The van der Waals surface area contributed by atoms with E-state index in [1.165, 1.54) is 49.4 Å². The molecule has 0 bridgehead atoms. The lowest BCUT2D eigenvalue weighted by molar-refractivity contribution is -0.139. The molecule has 0 aliphatic heterocycles. The van der Waals surface area contributed by atoms with Gasteiger partial charge in [0.25, 0.3) is 5.92 Å². The molecule has 0 amide bonds. The lowest BCUT2D eigenvalue weighted by atomic mass is 9.98. The molecule has 0 atom stereocenters. The molecule has 140 valence electrons. The number of benzene rings is 2. The van der Waals surface area contributed by atoms with Crippen LogP contribution in [0.25, 0.3) is 11.1 Å². The van der Waals surface area contributed by atoms with Gasteiger partial charge in [0.05, 0.1) is 4.90 Å². The molecule has 26 heavy (non-hydrogen) atoms. The molecule has 2 aromatic carbocycles. The maximum atomic E-state index is 14.0. The molecule has 0 radical (unpaired) electrons. The zero-order chi connectivity index (χ0) is 19.5. The fourth-order valence-corrected chi connectivity index (χ4v) is 2.96. The van der Waals surface area contributed by atoms with Gasteiger partial charge in [-0.25, -0.2) is 22.0 Å². The summed E-state index contributed by atoms with van der Waals surface area (Å²) in [6, 6.07) is 9.36. The number of halogens is 2. The van der Waals surface area contributed by atoms with Gasteiger partial charge in [-0.05, 0) is 35.9 Å². The van der Waals surface area contributed by atoms with E-state index >= 15 is 0 Å². The molecule has 8 heteroatoms. The first-order valence-corrected chi connectivity index (χ1v) is 9.61. The highest BCUT2D eigenvalue weighted by molar-refractivity contribution is 7.90. The van der Waals surface area contributed by atoms with E-state index < -0.39 is 34.8 Å². The van der Waals surface area contributed by atoms with Crippen LogP contribution in [0.3, 0.4) is 0 Å². The minimum absolute atomic E-state index is 0.0873. The Morgan fingerprint density at radius 2 is 1.77 bits per heavy atom. The monoisotopic (exact) mass is 384 g/mol. The van der Waals surface area contributed by atoms with Crippen LogP contribution in [0.1, 0.15) is 18.9 Å². The quantitative estimate of drug-likeness (QED) is 0.787. The Morgan fingerprint density at radius 1 is 1.15 bits per heavy atom. The van der Waals surface area contributed by atoms with Gasteiger partial charge < -0.3 is 9.84 Å². The predicted molar refractivity (Wildman–Crippen MR) is 92.3 cm³/mol. The SMILES string of the molecule is CCC(F)(F)c1ccc(OCC(=O)O)c(-c2ccc(S(C)(=O)=O)cc2)c1. The molecule has 0 aromatic heterocycles. The second kappa shape index (κ2) is 7.41. The number of hydrogen-bond donors (Lipinski definition) is 1. The van der Waals surface area contributed by atoms with Crippen molar-refractivity contribution in [3.8, 4) is 16.9 Å². The molecule has 0 saturated carbocycles. The van der Waals surface area contributed by atoms with Crippen LogP contribution in [0.15, 0.2) is 47.4 Å². The number of ether oxygens (including phenoxy) is 1. The molecule has 5 nitrogen and oxygen atoms in total. The highest BCUT2D eigenvalue weighted by atomic mass is 32.2. The van der Waals surface area contributed by atoms with Gasteiger partial charge >= 0.3 is 5.97 Å². The van der Waals surface area contributed by atoms with E-state index in [-0.39, 0.29) is 21.8 Å². The summed E-state index contributed by atoms with van der Waals surface area (Å²) < 4.78 is 56.4. The largest absolute Gasteiger partial charge is 0.481 e. The summed E-state index contributed by atoms with van der Waals surface area (Å²) >= 11 is 0. The zero-order valence-corrected chi connectivity index (χ0v) is 15.0. The lowest BCUT2D eigenvalue weighted by Gasteiger charge is -2.18. The van der Waals surface area contributed by atoms with Crippen molar-refractivity contribution in [1.29, 1.82) is 0 Å². The van der Waals surface area contributed by atoms with Crippen LogP contribution in [-0.2, 0) is 20.6 Å². The van der Waals surface area contributed by atoms with Gasteiger partial charge in [0.2, 0.25) is 0 Å². The average molecular weight is 384 g/mol. The molecular weight excluding hydrogens is 366 g/mol. The number of aliphatic carboxylic acids is 1. The van der Waals surface area contributed by atoms with Crippen LogP contribution in [0, 0.1) is 0 Å². The van der Waals surface area contributed by atoms with Gasteiger partial charge in [-0.1, -0.05) is 19.1 Å². The van der Waals surface area contributed by atoms with Crippen molar-refractivity contribution in [2.75, 3.05) is 12.9 Å². The third kappa shape index (κ3) is 4.57. The Bertz CT molecular complexity index is 906. The Labute approximate surface area is 150 Å². The predicted octanol–water partition coefficient (Wildman–Crippen LogP) is 3.72. The molecule has 0 saturated heterocycles. The molecule has 0 aliphatic rings. The molecule has 0 spiro atoms. The van der Waals surface area contributed by atoms with Crippen molar-refractivity contribution in [1.82, 2.24) is 0 Å². The van der Waals surface area contributed by atoms with Gasteiger partial charge in [-0.15, -0.1) is 0 Å². The summed E-state index contributed by atoms with van der Waals surface area (Å²) in [5.74, 6) is -4.13. The van der Waals surface area contributed by atoms with Crippen molar-refractivity contribution in [3.63, 3.8) is 0 Å². The van der Waals surface area contributed by atoms with E-state index in [4.69, 9.17) is 9.84 Å². The Kier molecular flexibility index (Phi) is 5.65. The fraction of sp³-hybridized carbons (Fsp3) is 0.278. The summed E-state index contributed by atoms with van der Waals surface area (Å²) in [7, 11) is -3.40. The standard InChI is InChI=1S/C18H18F2O5S/c1-3-18(19,20)13-6-9-16(25-11-17(21)22)15(10-13)12-4-7-14(8-5-12)26(2,23)24/h4-10H,3,11H2,1-2H3,(H,21,22). The van der Waals surface area contributed by atoms with Crippen molar-refractivity contribution in [2.24, 2.45) is 0 Å². The summed E-state index contributed by atoms with van der Waals surface area (Å²) in [6.07, 6.45) is 0.667. The van der Waals surface area contributed by atoms with Crippen LogP contribution >= 0.6 is 0 Å². The smallest absolute Gasteiger partial charge is 0.341 e. The second-order valence-electron chi connectivity index (χ2n) is 5.75. The van der Waals surface area contributed by atoms with Crippen molar-refractivity contribution >= 4 is 15.8 Å². The van der Waals surface area contributed by atoms with Gasteiger partial charge in [0.15, 0.2) is 16.4 Å². The van der Waals surface area contributed by atoms with E-state index in [0.717, 1.165) is 6.26 Å². The number of rotatable bonds is 7. The van der Waals surface area contributed by atoms with Crippen molar-refractivity contribution in [3.05, 3.63) is 48.0 Å². The third-order valence-electron chi connectivity index (χ3n) is 3.79. The van der Waals surface area contributed by atoms with Gasteiger partial charge in [0.1, 0.15) is 5.75 Å². The highest BCUT2D eigenvalue weighted by Crippen LogP contribution is 2.38. The Balaban J connectivity index is 2.54. The van der Waals surface area contributed by atoms with Gasteiger partial charge in [-0.3, -0.25) is 0 Å². The molecule has 0 heterocycles. The second-order valence-corrected chi connectivity index (χ2v) is 7.76. The molecule has 0 unspecified atom stereocenters. The summed E-state index contributed by atoms with van der Waals surface area (Å²) in [4.78, 5) is 10.8. The summed E-state index contributed by atoms with van der Waals surface area (Å²) in [5, 5.41) is 8.77. The molecule has 2 rings (SSSR count). The van der Waals surface area contributed by atoms with E-state index in [1.807, 2.05) is 0 Å². The van der Waals surface area contributed by atoms with Crippen LogP contribution < -0.4 is 4.74 Å². The van der Waals surface area contributed by atoms with E-state index in [2.05, 4.69) is 0 Å². The van der Waals surface area contributed by atoms with E-state index in [1.54, 1.807) is 0 Å². The molecule has 2 aromatic rings. The molecule has 0 fully saturated rings. The van der Waals surface area contributed by atoms with Crippen molar-refractivity contribution in [2.45, 2.75) is 24.2 Å². The maximum Gasteiger partial charge on any atom is 0.341 e. The van der Waals surface area contributed by atoms with Crippen LogP contribution in [0.4, 0.5) is 8.78 Å². The van der Waals surface area contributed by atoms with Gasteiger partial charge in [0, 0.05) is 23.8 Å². The fourth-order valence-electron chi connectivity index (χ4n) is 2.33. The molecular formula is C18H18F2O5S. The topological polar surface area (TPSA) is 80.7 Å². The first-order chi connectivity index (χ1) is 12.0. The summed E-state index contributed by atoms with van der Waals surface area (Å²) in [5.41, 5.74) is 0.466. The molecule has 0 aliphatic carbocycles. The van der Waals surface area contributed by atoms with E-state index in [0.29, 0.717) is 5.56 Å². The van der Waals surface area contributed by atoms with Gasteiger partial charge in [-0.2, -0.15) is 0 Å². The number of carboxylic acids is 1. The number of hydrogen-bond acceptors (Lipinski definition) is 4. The first-order valence-electron chi connectivity index (χ1n) is 7.72. The third-order valence-corrected chi connectivity index (χ3v) is 4.92. The van der Waals surface area contributed by atoms with Crippen molar-refractivity contribution < 1.29 is 31.8 Å².